The van der Waals surface area contributed by atoms with E-state index in [-0.39, 0.29) is 5.92 Å². The van der Waals surface area contributed by atoms with Gasteiger partial charge in [0.1, 0.15) is 5.60 Å². The predicted molar refractivity (Wildman–Crippen MR) is 84.3 cm³/mol. The number of carbonyl (C=O) groups excluding carboxylic acids is 1. The minimum absolute atomic E-state index is 0.0415. The first-order valence-electron chi connectivity index (χ1n) is 7.13. The summed E-state index contributed by atoms with van der Waals surface area (Å²) in [5, 5.41) is 3.93. The molecule has 0 bridgehead atoms. The first kappa shape index (κ1) is 15.4. The van der Waals surface area contributed by atoms with E-state index in [1.54, 1.807) is 0 Å². The van der Waals surface area contributed by atoms with Crippen molar-refractivity contribution in [2.45, 2.75) is 32.3 Å². The lowest BCUT2D eigenvalue weighted by Gasteiger charge is -2.22. The highest BCUT2D eigenvalue weighted by atomic mass is 16.6. The maximum atomic E-state index is 11.7. The van der Waals surface area contributed by atoms with E-state index in [9.17, 15) is 4.79 Å². The molecule has 1 aromatic carbocycles. The second kappa shape index (κ2) is 6.18. The maximum absolute atomic E-state index is 11.7. The van der Waals surface area contributed by atoms with Crippen LogP contribution in [-0.4, -0.2) is 29.8 Å². The van der Waals surface area contributed by atoms with Crippen LogP contribution in [0.5, 0.6) is 0 Å². The lowest BCUT2D eigenvalue weighted by atomic mass is 9.97. The number of hydrogen-bond acceptors (Lipinski definition) is 3. The molecule has 1 heterocycles. The van der Waals surface area contributed by atoms with Gasteiger partial charge in [-0.15, -0.1) is 0 Å². The Morgan fingerprint density at radius 1 is 1.38 bits per heavy atom. The number of hydrogen-bond donors (Lipinski definition) is 3. The number of ether oxygens (including phenoxy) is 1. The molecular formula is C16H23N3O2. The van der Waals surface area contributed by atoms with Gasteiger partial charge in [0, 0.05) is 30.7 Å². The molecule has 0 aliphatic rings. The summed E-state index contributed by atoms with van der Waals surface area (Å²) in [6.45, 7) is 6.42. The molecule has 1 amide bonds. The molecule has 1 atom stereocenters. The van der Waals surface area contributed by atoms with E-state index in [1.165, 1.54) is 0 Å². The average molecular weight is 289 g/mol. The van der Waals surface area contributed by atoms with Crippen molar-refractivity contribution in [3.05, 3.63) is 36.0 Å². The summed E-state index contributed by atoms with van der Waals surface area (Å²) in [7, 11) is 0. The smallest absolute Gasteiger partial charge is 0.407 e. The van der Waals surface area contributed by atoms with E-state index in [4.69, 9.17) is 10.5 Å². The van der Waals surface area contributed by atoms with Crippen LogP contribution in [-0.2, 0) is 4.74 Å². The van der Waals surface area contributed by atoms with Crippen LogP contribution in [0, 0.1) is 0 Å². The van der Waals surface area contributed by atoms with Gasteiger partial charge in [0.25, 0.3) is 0 Å². The SMILES string of the molecule is CC(C)(C)OC(=O)NCC(CN)c1cccc2cc[nH]c12. The number of carbonyl (C=O) groups is 1. The van der Waals surface area contributed by atoms with Crippen LogP contribution in [0.2, 0.25) is 0 Å². The van der Waals surface area contributed by atoms with Gasteiger partial charge in [0.05, 0.1) is 0 Å². The Morgan fingerprint density at radius 3 is 2.81 bits per heavy atom. The van der Waals surface area contributed by atoms with E-state index in [0.29, 0.717) is 13.1 Å². The lowest BCUT2D eigenvalue weighted by molar-refractivity contribution is 0.0525. The fourth-order valence-corrected chi connectivity index (χ4v) is 2.29. The summed E-state index contributed by atoms with van der Waals surface area (Å²) < 4.78 is 5.24. The van der Waals surface area contributed by atoms with Gasteiger partial charge < -0.3 is 20.8 Å². The van der Waals surface area contributed by atoms with Crippen LogP contribution in [0.4, 0.5) is 4.79 Å². The maximum Gasteiger partial charge on any atom is 0.407 e. The highest BCUT2D eigenvalue weighted by Gasteiger charge is 2.18. The van der Waals surface area contributed by atoms with E-state index < -0.39 is 11.7 Å². The molecule has 1 unspecified atom stereocenters. The van der Waals surface area contributed by atoms with Crippen molar-refractivity contribution in [3.8, 4) is 0 Å². The van der Waals surface area contributed by atoms with Crippen molar-refractivity contribution in [1.29, 1.82) is 0 Å². The molecular weight excluding hydrogens is 266 g/mol. The third kappa shape index (κ3) is 3.98. The highest BCUT2D eigenvalue weighted by molar-refractivity contribution is 5.83. The van der Waals surface area contributed by atoms with E-state index >= 15 is 0 Å². The normalized spacial score (nSPS) is 13.1. The molecule has 0 saturated heterocycles. The Morgan fingerprint density at radius 2 is 2.14 bits per heavy atom. The number of nitrogens with two attached hydrogens (primary N) is 1. The Kier molecular flexibility index (Phi) is 4.53. The Labute approximate surface area is 124 Å². The first-order chi connectivity index (χ1) is 9.90. The molecule has 0 fully saturated rings. The summed E-state index contributed by atoms with van der Waals surface area (Å²) in [6.07, 6.45) is 1.49. The zero-order valence-electron chi connectivity index (χ0n) is 12.8. The number of para-hydroxylation sites is 1. The number of aromatic amines is 1. The summed E-state index contributed by atoms with van der Waals surface area (Å²) in [5.41, 5.74) is 7.55. The summed E-state index contributed by atoms with van der Waals surface area (Å²) in [6, 6.07) is 8.10. The number of amides is 1. The third-order valence-corrected chi connectivity index (χ3v) is 3.24. The molecule has 4 N–H and O–H groups in total. The van der Waals surface area contributed by atoms with Crippen molar-refractivity contribution in [2.24, 2.45) is 5.73 Å². The number of alkyl carbamates (subject to hydrolysis) is 1. The number of rotatable bonds is 4. The minimum atomic E-state index is -0.498. The van der Waals surface area contributed by atoms with Gasteiger partial charge in [-0.2, -0.15) is 0 Å². The largest absolute Gasteiger partial charge is 0.444 e. The van der Waals surface area contributed by atoms with Crippen LogP contribution in [0.1, 0.15) is 32.3 Å². The third-order valence-electron chi connectivity index (χ3n) is 3.24. The number of nitrogens with one attached hydrogen (secondary N) is 2. The summed E-state index contributed by atoms with van der Waals surface area (Å²) in [4.78, 5) is 15.0. The molecule has 1 aromatic heterocycles. The Hall–Kier alpha value is -2.01. The second-order valence-corrected chi connectivity index (χ2v) is 6.10. The molecule has 114 valence electrons. The molecule has 5 nitrogen and oxygen atoms in total. The molecule has 0 radical (unpaired) electrons. The molecule has 0 saturated carbocycles. The topological polar surface area (TPSA) is 80.1 Å². The van der Waals surface area contributed by atoms with Crippen LogP contribution in [0.25, 0.3) is 10.9 Å². The molecule has 2 aromatic rings. The van der Waals surface area contributed by atoms with Gasteiger partial charge in [0.2, 0.25) is 0 Å². The van der Waals surface area contributed by atoms with Crippen LogP contribution in [0.15, 0.2) is 30.5 Å². The summed E-state index contributed by atoms with van der Waals surface area (Å²) in [5.74, 6) is 0.0415. The highest BCUT2D eigenvalue weighted by Crippen LogP contribution is 2.23. The molecule has 21 heavy (non-hydrogen) atoms. The van der Waals surface area contributed by atoms with Crippen LogP contribution >= 0.6 is 0 Å². The fraction of sp³-hybridized carbons (Fsp3) is 0.438. The number of H-pyrrole nitrogens is 1. The monoisotopic (exact) mass is 289 g/mol. The van der Waals surface area contributed by atoms with E-state index in [2.05, 4.69) is 10.3 Å². The van der Waals surface area contributed by atoms with Gasteiger partial charge >= 0.3 is 6.09 Å². The second-order valence-electron chi connectivity index (χ2n) is 6.10. The van der Waals surface area contributed by atoms with Crippen molar-refractivity contribution in [3.63, 3.8) is 0 Å². The quantitative estimate of drug-likeness (QED) is 0.809. The van der Waals surface area contributed by atoms with E-state index in [1.807, 2.05) is 51.2 Å². The van der Waals surface area contributed by atoms with Crippen molar-refractivity contribution >= 4 is 17.0 Å². The zero-order valence-corrected chi connectivity index (χ0v) is 12.8. The van der Waals surface area contributed by atoms with Gasteiger partial charge in [0.15, 0.2) is 0 Å². The van der Waals surface area contributed by atoms with Gasteiger partial charge in [-0.3, -0.25) is 0 Å². The van der Waals surface area contributed by atoms with Gasteiger partial charge in [-0.05, 0) is 37.8 Å². The Bertz CT molecular complexity index is 613. The Balaban J connectivity index is 2.07. The number of aromatic nitrogens is 1. The van der Waals surface area contributed by atoms with Crippen molar-refractivity contribution in [1.82, 2.24) is 10.3 Å². The predicted octanol–water partition coefficient (Wildman–Crippen LogP) is 2.73. The van der Waals surface area contributed by atoms with Crippen LogP contribution in [0.3, 0.4) is 0 Å². The molecule has 0 aliphatic heterocycles. The first-order valence-corrected chi connectivity index (χ1v) is 7.13. The summed E-state index contributed by atoms with van der Waals surface area (Å²) >= 11 is 0. The van der Waals surface area contributed by atoms with Crippen molar-refractivity contribution in [2.75, 3.05) is 13.1 Å². The standard InChI is InChI=1S/C16H23N3O2/c1-16(2,3)21-15(20)19-10-12(9-17)13-6-4-5-11-7-8-18-14(11)13/h4-8,12,18H,9-10,17H2,1-3H3,(H,19,20). The lowest BCUT2D eigenvalue weighted by Crippen LogP contribution is -2.36. The van der Waals surface area contributed by atoms with Crippen molar-refractivity contribution < 1.29 is 9.53 Å². The zero-order chi connectivity index (χ0) is 15.5. The fourth-order valence-electron chi connectivity index (χ4n) is 2.29. The molecule has 0 aliphatic carbocycles. The number of fused-ring (bicyclic) bond motifs is 1. The minimum Gasteiger partial charge on any atom is -0.444 e. The van der Waals surface area contributed by atoms with Gasteiger partial charge in [-0.1, -0.05) is 18.2 Å². The van der Waals surface area contributed by atoms with Gasteiger partial charge in [-0.25, -0.2) is 4.79 Å². The van der Waals surface area contributed by atoms with Crippen LogP contribution < -0.4 is 11.1 Å². The molecule has 2 rings (SSSR count). The molecule has 5 heteroatoms. The van der Waals surface area contributed by atoms with E-state index in [0.717, 1.165) is 16.5 Å². The molecule has 0 spiro atoms. The average Bonchev–Trinajstić information content (AvgIpc) is 2.86. The number of benzene rings is 1.